The van der Waals surface area contributed by atoms with E-state index < -0.39 is 23.9 Å². The molecule has 1 atom stereocenters. The monoisotopic (exact) mass is 264 g/mol. The molecule has 18 heavy (non-hydrogen) atoms. The highest BCUT2D eigenvalue weighted by molar-refractivity contribution is 5.37. The normalized spacial score (nSPS) is 14.3. The highest BCUT2D eigenvalue weighted by atomic mass is 16.7. The molecule has 11 N–H and O–H groups in total. The SMILES string of the molecule is Nc1nc(N)nc(NC(O)C(O)(O)C(O)(O)O)n1. The van der Waals surface area contributed by atoms with Crippen molar-refractivity contribution in [2.75, 3.05) is 16.8 Å². The molecule has 12 heteroatoms. The zero-order chi connectivity index (χ0) is 14.1. The number of aliphatic hydroxyl groups is 6. The van der Waals surface area contributed by atoms with Crippen molar-refractivity contribution in [1.29, 1.82) is 0 Å². The van der Waals surface area contributed by atoms with Crippen molar-refractivity contribution in [3.8, 4) is 0 Å². The van der Waals surface area contributed by atoms with Gasteiger partial charge in [-0.15, -0.1) is 0 Å². The molecule has 1 aromatic heterocycles. The largest absolute Gasteiger partial charge is 0.368 e. The van der Waals surface area contributed by atoms with E-state index in [1.165, 1.54) is 0 Å². The highest BCUT2D eigenvalue weighted by Crippen LogP contribution is 2.19. The number of nitrogens with two attached hydrogens (primary N) is 2. The maximum absolute atomic E-state index is 9.27. The van der Waals surface area contributed by atoms with Gasteiger partial charge in [0.25, 0.3) is 5.79 Å². The minimum atomic E-state index is -4.00. The van der Waals surface area contributed by atoms with Crippen LogP contribution < -0.4 is 16.8 Å². The first-order valence-electron chi connectivity index (χ1n) is 4.37. The quantitative estimate of drug-likeness (QED) is 0.233. The molecule has 0 bridgehead atoms. The zero-order valence-electron chi connectivity index (χ0n) is 8.76. The van der Waals surface area contributed by atoms with Crippen LogP contribution in [-0.2, 0) is 0 Å². The molecule has 1 rings (SSSR count). The Kier molecular flexibility index (Phi) is 3.52. The Bertz CT molecular complexity index is 413. The van der Waals surface area contributed by atoms with Crippen LogP contribution in [0.1, 0.15) is 0 Å². The minimum Gasteiger partial charge on any atom is -0.368 e. The van der Waals surface area contributed by atoms with Crippen LogP contribution in [0.15, 0.2) is 0 Å². The summed E-state index contributed by atoms with van der Waals surface area (Å²) >= 11 is 0. The van der Waals surface area contributed by atoms with Gasteiger partial charge in [0.15, 0.2) is 6.23 Å². The van der Waals surface area contributed by atoms with Crippen molar-refractivity contribution in [3.05, 3.63) is 0 Å². The van der Waals surface area contributed by atoms with Crippen molar-refractivity contribution in [2.45, 2.75) is 18.0 Å². The van der Waals surface area contributed by atoms with Gasteiger partial charge in [-0.2, -0.15) is 15.0 Å². The topological polar surface area (TPSA) is 224 Å². The van der Waals surface area contributed by atoms with E-state index >= 15 is 0 Å². The van der Waals surface area contributed by atoms with E-state index in [-0.39, 0.29) is 11.9 Å². The summed E-state index contributed by atoms with van der Waals surface area (Å²) in [7, 11) is 0. The van der Waals surface area contributed by atoms with Gasteiger partial charge >= 0.3 is 5.97 Å². The van der Waals surface area contributed by atoms with Gasteiger partial charge in [-0.25, -0.2) is 0 Å². The molecule has 102 valence electrons. The van der Waals surface area contributed by atoms with E-state index in [4.69, 9.17) is 37.0 Å². The number of aromatic nitrogens is 3. The van der Waals surface area contributed by atoms with Gasteiger partial charge in [0, 0.05) is 0 Å². The molecule has 1 unspecified atom stereocenters. The fourth-order valence-corrected chi connectivity index (χ4v) is 0.880. The third-order valence-electron chi connectivity index (χ3n) is 1.81. The summed E-state index contributed by atoms with van der Waals surface area (Å²) in [5.41, 5.74) is 10.4. The fraction of sp³-hybridized carbons (Fsp3) is 0.500. The molecular weight excluding hydrogens is 252 g/mol. The summed E-state index contributed by atoms with van der Waals surface area (Å²) in [6, 6.07) is 0. The maximum atomic E-state index is 9.27. The minimum absolute atomic E-state index is 0.332. The lowest BCUT2D eigenvalue weighted by molar-refractivity contribution is -0.461. The predicted molar refractivity (Wildman–Crippen MR) is 54.8 cm³/mol. The van der Waals surface area contributed by atoms with E-state index in [9.17, 15) is 5.11 Å². The molecule has 0 saturated heterocycles. The summed E-state index contributed by atoms with van der Waals surface area (Å²) in [4.78, 5) is 10.2. The van der Waals surface area contributed by atoms with E-state index in [2.05, 4.69) is 15.0 Å². The van der Waals surface area contributed by atoms with Crippen molar-refractivity contribution in [2.24, 2.45) is 0 Å². The average molecular weight is 264 g/mol. The highest BCUT2D eigenvalue weighted by Gasteiger charge is 2.53. The van der Waals surface area contributed by atoms with E-state index in [0.717, 1.165) is 0 Å². The maximum Gasteiger partial charge on any atom is 0.337 e. The van der Waals surface area contributed by atoms with Crippen LogP contribution in [0, 0.1) is 0 Å². The molecule has 0 radical (unpaired) electrons. The number of hydrogen-bond donors (Lipinski definition) is 9. The Morgan fingerprint density at radius 1 is 0.944 bits per heavy atom. The first kappa shape index (κ1) is 14.2. The van der Waals surface area contributed by atoms with Crippen LogP contribution in [0.2, 0.25) is 0 Å². The summed E-state index contributed by atoms with van der Waals surface area (Å²) in [5.74, 6) is -8.87. The molecule has 1 heterocycles. The lowest BCUT2D eigenvalue weighted by Gasteiger charge is -2.33. The molecule has 0 aliphatic heterocycles. The Morgan fingerprint density at radius 3 is 1.78 bits per heavy atom. The number of nitrogens with one attached hydrogen (secondary N) is 1. The third kappa shape index (κ3) is 2.89. The zero-order valence-corrected chi connectivity index (χ0v) is 8.76. The number of nitrogens with zero attached hydrogens (tertiary/aromatic N) is 3. The second-order valence-corrected chi connectivity index (χ2v) is 3.28. The molecule has 0 aromatic carbocycles. The Balaban J connectivity index is 2.91. The number of hydrogen-bond acceptors (Lipinski definition) is 12. The van der Waals surface area contributed by atoms with Crippen molar-refractivity contribution < 1.29 is 30.6 Å². The summed E-state index contributed by atoms with van der Waals surface area (Å²) in [6.07, 6.45) is -2.47. The van der Waals surface area contributed by atoms with Crippen LogP contribution >= 0.6 is 0 Å². The summed E-state index contributed by atoms with van der Waals surface area (Å²) in [5, 5.41) is 55.1. The Morgan fingerprint density at radius 2 is 1.39 bits per heavy atom. The number of rotatable bonds is 4. The van der Waals surface area contributed by atoms with Gasteiger partial charge in [-0.3, -0.25) is 0 Å². The Labute approximate surface area is 99.2 Å². The molecular formula is C6H12N6O6. The molecule has 1 aromatic rings. The lowest BCUT2D eigenvalue weighted by Crippen LogP contribution is -2.63. The molecule has 0 aliphatic carbocycles. The van der Waals surface area contributed by atoms with Crippen molar-refractivity contribution in [1.82, 2.24) is 15.0 Å². The van der Waals surface area contributed by atoms with E-state index in [0.29, 0.717) is 0 Å². The fourth-order valence-electron chi connectivity index (χ4n) is 0.880. The first-order chi connectivity index (χ1) is 8.04. The second kappa shape index (κ2) is 4.45. The van der Waals surface area contributed by atoms with Crippen molar-refractivity contribution >= 4 is 17.8 Å². The van der Waals surface area contributed by atoms with Crippen molar-refractivity contribution in [3.63, 3.8) is 0 Å². The average Bonchev–Trinajstić information content (AvgIpc) is 2.13. The van der Waals surface area contributed by atoms with Gasteiger partial charge in [0.1, 0.15) is 0 Å². The van der Waals surface area contributed by atoms with E-state index in [1.807, 2.05) is 5.32 Å². The van der Waals surface area contributed by atoms with Gasteiger partial charge < -0.3 is 47.4 Å². The van der Waals surface area contributed by atoms with Gasteiger partial charge in [-0.1, -0.05) is 0 Å². The molecule has 0 spiro atoms. The number of aliphatic hydroxyl groups excluding tert-OH is 1. The standard InChI is InChI=1S/C6H12N6O6/c7-2-10-3(8)12-4(11-2)9-1(13)5(14,15)6(16,17)18/h1,13-18H,(H5,7,8,9,10,11,12). The third-order valence-corrected chi connectivity index (χ3v) is 1.81. The van der Waals surface area contributed by atoms with Crippen LogP contribution in [-0.4, -0.2) is 63.6 Å². The summed E-state index contributed by atoms with van der Waals surface area (Å²) in [6.45, 7) is 0. The molecule has 0 amide bonds. The molecule has 12 nitrogen and oxygen atoms in total. The molecule has 0 saturated carbocycles. The van der Waals surface area contributed by atoms with Gasteiger partial charge in [0.2, 0.25) is 17.8 Å². The molecule has 0 fully saturated rings. The second-order valence-electron chi connectivity index (χ2n) is 3.28. The van der Waals surface area contributed by atoms with Crippen LogP contribution in [0.4, 0.5) is 17.8 Å². The predicted octanol–water partition coefficient (Wildman–Crippen LogP) is -4.92. The first-order valence-corrected chi connectivity index (χ1v) is 4.37. The summed E-state index contributed by atoms with van der Waals surface area (Å²) < 4.78 is 0. The lowest BCUT2D eigenvalue weighted by atomic mass is 10.2. The molecule has 0 aliphatic rings. The van der Waals surface area contributed by atoms with Gasteiger partial charge in [0.05, 0.1) is 0 Å². The number of nitrogen functional groups attached to an aromatic ring is 2. The van der Waals surface area contributed by atoms with Gasteiger partial charge in [-0.05, 0) is 0 Å². The number of anilines is 3. The van der Waals surface area contributed by atoms with Crippen LogP contribution in [0.5, 0.6) is 0 Å². The van der Waals surface area contributed by atoms with E-state index in [1.54, 1.807) is 0 Å². The smallest absolute Gasteiger partial charge is 0.337 e. The Hall–Kier alpha value is -1.83. The van der Waals surface area contributed by atoms with Crippen LogP contribution in [0.25, 0.3) is 0 Å². The van der Waals surface area contributed by atoms with Crippen LogP contribution in [0.3, 0.4) is 0 Å².